The molecule has 4 rings (SSSR count). The summed E-state index contributed by atoms with van der Waals surface area (Å²) in [5.74, 6) is 1.40. The third-order valence-electron chi connectivity index (χ3n) is 5.94. The minimum Gasteiger partial charge on any atom is -0.444 e. The molecule has 11 heteroatoms. The Morgan fingerprint density at radius 2 is 1.94 bits per heavy atom. The molecule has 0 aliphatic carbocycles. The molecular weight excluding hydrogens is 424 g/mol. The lowest BCUT2D eigenvalue weighted by molar-refractivity contribution is 0.0210. The highest BCUT2D eigenvalue weighted by Gasteiger charge is 2.28. The maximum atomic E-state index is 12.4. The van der Waals surface area contributed by atoms with E-state index < -0.39 is 11.8 Å². The van der Waals surface area contributed by atoms with Gasteiger partial charge in [0.1, 0.15) is 11.8 Å². The lowest BCUT2D eigenvalue weighted by Gasteiger charge is -2.33. The number of aliphatic hydroxyl groups is 1. The van der Waals surface area contributed by atoms with Crippen LogP contribution in [0.3, 0.4) is 0 Å². The number of anilines is 2. The third kappa shape index (κ3) is 5.64. The highest BCUT2D eigenvalue weighted by atomic mass is 16.6. The first-order valence-corrected chi connectivity index (χ1v) is 11.8. The summed E-state index contributed by atoms with van der Waals surface area (Å²) in [6, 6.07) is 0.203. The Hall–Kier alpha value is -2.66. The topological polar surface area (TPSA) is 129 Å². The number of aliphatic hydroxyl groups excluding tert-OH is 1. The Bertz CT molecular complexity index is 978. The number of carbonyl (C=O) groups excluding carboxylic acids is 1. The van der Waals surface area contributed by atoms with E-state index in [1.165, 1.54) is 0 Å². The number of fused-ring (bicyclic) bond motifs is 1. The second kappa shape index (κ2) is 9.30. The van der Waals surface area contributed by atoms with Gasteiger partial charge < -0.3 is 25.4 Å². The second-order valence-electron chi connectivity index (χ2n) is 10.2. The van der Waals surface area contributed by atoms with E-state index in [4.69, 9.17) is 14.7 Å². The minimum absolute atomic E-state index is 0.0535. The fourth-order valence-corrected chi connectivity index (χ4v) is 4.18. The Kier molecular flexibility index (Phi) is 6.62. The molecule has 4 heterocycles. The van der Waals surface area contributed by atoms with Crippen LogP contribution >= 0.6 is 0 Å². The number of amides is 1. The molecule has 4 N–H and O–H groups in total. The van der Waals surface area contributed by atoms with E-state index in [9.17, 15) is 9.90 Å². The number of nitrogens with one attached hydrogen (secondary N) is 3. The second-order valence-corrected chi connectivity index (χ2v) is 10.2. The first-order valence-electron chi connectivity index (χ1n) is 11.8. The van der Waals surface area contributed by atoms with Crippen molar-refractivity contribution >= 4 is 23.6 Å². The van der Waals surface area contributed by atoms with E-state index in [1.807, 2.05) is 27.0 Å². The number of rotatable bonds is 5. The van der Waals surface area contributed by atoms with Crippen molar-refractivity contribution in [3.63, 3.8) is 0 Å². The Balaban J connectivity index is 1.49. The lowest BCUT2D eigenvalue weighted by Crippen LogP contribution is -2.44. The number of nitrogens with zero attached hydrogens (tertiary/aromatic N) is 5. The van der Waals surface area contributed by atoms with Crippen LogP contribution in [-0.4, -0.2) is 79.2 Å². The summed E-state index contributed by atoms with van der Waals surface area (Å²) in [7, 11) is 0. The van der Waals surface area contributed by atoms with Crippen LogP contribution in [-0.2, 0) is 4.74 Å². The van der Waals surface area contributed by atoms with Gasteiger partial charge >= 0.3 is 6.09 Å². The van der Waals surface area contributed by atoms with Gasteiger partial charge in [0.15, 0.2) is 5.65 Å². The molecule has 0 bridgehead atoms. The van der Waals surface area contributed by atoms with Crippen LogP contribution in [0.5, 0.6) is 0 Å². The van der Waals surface area contributed by atoms with Crippen LogP contribution in [0.1, 0.15) is 65.4 Å². The van der Waals surface area contributed by atoms with E-state index in [2.05, 4.69) is 34.9 Å². The van der Waals surface area contributed by atoms with Crippen LogP contribution in [0.4, 0.5) is 16.7 Å². The number of piperidine rings is 1. The van der Waals surface area contributed by atoms with Crippen molar-refractivity contribution in [2.24, 2.45) is 0 Å². The quantitative estimate of drug-likeness (QED) is 0.530. The van der Waals surface area contributed by atoms with Crippen molar-refractivity contribution in [2.45, 2.75) is 83.7 Å². The Morgan fingerprint density at radius 3 is 2.55 bits per heavy atom. The molecule has 2 aromatic rings. The van der Waals surface area contributed by atoms with Gasteiger partial charge in [0, 0.05) is 43.7 Å². The van der Waals surface area contributed by atoms with Gasteiger partial charge in [-0.3, -0.25) is 5.32 Å². The summed E-state index contributed by atoms with van der Waals surface area (Å²) in [6.07, 6.45) is 3.22. The summed E-state index contributed by atoms with van der Waals surface area (Å²) < 4.78 is 7.25. The van der Waals surface area contributed by atoms with Crippen LogP contribution in [0.25, 0.3) is 5.65 Å². The lowest BCUT2D eigenvalue weighted by atomic mass is 10.1. The van der Waals surface area contributed by atoms with E-state index in [0.29, 0.717) is 38.0 Å². The predicted molar refractivity (Wildman–Crippen MR) is 125 cm³/mol. The van der Waals surface area contributed by atoms with Crippen molar-refractivity contribution in [2.75, 3.05) is 30.3 Å². The van der Waals surface area contributed by atoms with Crippen LogP contribution in [0.15, 0.2) is 6.20 Å². The summed E-state index contributed by atoms with van der Waals surface area (Å²) in [6.45, 7) is 11.8. The molecule has 2 saturated heterocycles. The van der Waals surface area contributed by atoms with Gasteiger partial charge in [-0.1, -0.05) is 13.8 Å². The zero-order valence-corrected chi connectivity index (χ0v) is 20.1. The van der Waals surface area contributed by atoms with Gasteiger partial charge in [0.05, 0.1) is 6.20 Å². The molecule has 2 aliphatic heterocycles. The average Bonchev–Trinajstić information content (AvgIpc) is 3.33. The molecule has 2 aliphatic rings. The fraction of sp³-hybridized carbons (Fsp3) is 0.727. The number of likely N-dealkylation sites (tertiary alicyclic amines) is 1. The van der Waals surface area contributed by atoms with Crippen molar-refractivity contribution in [1.82, 2.24) is 29.8 Å². The van der Waals surface area contributed by atoms with E-state index in [1.54, 1.807) is 9.42 Å². The Labute approximate surface area is 194 Å². The van der Waals surface area contributed by atoms with Crippen molar-refractivity contribution in [3.8, 4) is 0 Å². The molecule has 1 amide bonds. The third-order valence-corrected chi connectivity index (χ3v) is 5.94. The molecule has 2 fully saturated rings. The number of aromatic nitrogens is 4. The summed E-state index contributed by atoms with van der Waals surface area (Å²) >= 11 is 0. The normalized spacial score (nSPS) is 22.2. The maximum absolute atomic E-state index is 12.4. The standard InChI is InChI=1S/C22H36N8O3/c1-13(2)16-12-24-30-18(16)27-19(25-15-10-17(31)23-11-15)28-20(30)26-14-6-8-29(9-7-14)21(32)33-22(3,4)5/h12-15,17,23,31H,6-11H2,1-5H3,(H2,25,26,27,28)/t15-,17-/m0/s1. The average molecular weight is 461 g/mol. The molecular formula is C22H36N8O3. The largest absolute Gasteiger partial charge is 0.444 e. The molecule has 0 aromatic carbocycles. The predicted octanol–water partition coefficient (Wildman–Crippen LogP) is 2.15. The number of carbonyl (C=O) groups is 1. The van der Waals surface area contributed by atoms with Crippen LogP contribution < -0.4 is 16.0 Å². The molecule has 2 atom stereocenters. The van der Waals surface area contributed by atoms with Crippen molar-refractivity contribution < 1.29 is 14.6 Å². The fourth-order valence-electron chi connectivity index (χ4n) is 4.18. The van der Waals surface area contributed by atoms with Gasteiger partial charge in [-0.25, -0.2) is 4.79 Å². The van der Waals surface area contributed by atoms with Crippen molar-refractivity contribution in [1.29, 1.82) is 0 Å². The minimum atomic E-state index is -0.514. The van der Waals surface area contributed by atoms with E-state index >= 15 is 0 Å². The molecule has 2 aromatic heterocycles. The molecule has 33 heavy (non-hydrogen) atoms. The van der Waals surface area contributed by atoms with Gasteiger partial charge in [-0.05, 0) is 39.5 Å². The highest BCUT2D eigenvalue weighted by Crippen LogP contribution is 2.24. The zero-order valence-electron chi connectivity index (χ0n) is 20.1. The maximum Gasteiger partial charge on any atom is 0.410 e. The monoisotopic (exact) mass is 460 g/mol. The summed E-state index contributed by atoms with van der Waals surface area (Å²) in [4.78, 5) is 23.6. The highest BCUT2D eigenvalue weighted by molar-refractivity contribution is 5.68. The number of hydrogen-bond donors (Lipinski definition) is 4. The van der Waals surface area contributed by atoms with Gasteiger partial charge in [-0.15, -0.1) is 0 Å². The molecule has 182 valence electrons. The van der Waals surface area contributed by atoms with Crippen LogP contribution in [0, 0.1) is 0 Å². The summed E-state index contributed by atoms with van der Waals surface area (Å²) in [5, 5.41) is 24.2. The van der Waals surface area contributed by atoms with Gasteiger partial charge in [0.25, 0.3) is 0 Å². The van der Waals surface area contributed by atoms with Gasteiger partial charge in [0.2, 0.25) is 11.9 Å². The molecule has 0 spiro atoms. The van der Waals surface area contributed by atoms with E-state index in [-0.39, 0.29) is 24.1 Å². The molecule has 0 saturated carbocycles. The first-order chi connectivity index (χ1) is 15.6. The zero-order chi connectivity index (χ0) is 23.8. The summed E-state index contributed by atoms with van der Waals surface area (Å²) in [5.41, 5.74) is 1.32. The Morgan fingerprint density at radius 1 is 1.21 bits per heavy atom. The molecule has 11 nitrogen and oxygen atoms in total. The first kappa shape index (κ1) is 23.5. The SMILES string of the molecule is CC(C)c1cnn2c(NC3CCN(C(=O)OC(C)(C)C)CC3)nc(N[C@@H]3CN[C@@H](O)C3)nc12. The smallest absolute Gasteiger partial charge is 0.410 e. The van der Waals surface area contributed by atoms with E-state index in [0.717, 1.165) is 24.1 Å². The van der Waals surface area contributed by atoms with Gasteiger partial charge in [-0.2, -0.15) is 19.6 Å². The number of ether oxygens (including phenoxy) is 1. The molecule has 0 unspecified atom stereocenters. The molecule has 0 radical (unpaired) electrons. The van der Waals surface area contributed by atoms with Crippen LogP contribution in [0.2, 0.25) is 0 Å². The number of hydrogen-bond acceptors (Lipinski definition) is 9. The van der Waals surface area contributed by atoms with Crippen molar-refractivity contribution in [3.05, 3.63) is 11.8 Å².